The first-order valence-electron chi connectivity index (χ1n) is 7.10. The van der Waals surface area contributed by atoms with Gasteiger partial charge < -0.3 is 5.11 Å². The summed E-state index contributed by atoms with van der Waals surface area (Å²) in [4.78, 5) is 14.8. The van der Waals surface area contributed by atoms with Crippen molar-refractivity contribution >= 4 is 46.0 Å². The molecule has 0 atom stereocenters. The van der Waals surface area contributed by atoms with Crippen molar-refractivity contribution in [3.05, 3.63) is 64.1 Å². The quantitative estimate of drug-likeness (QED) is 0.649. The van der Waals surface area contributed by atoms with E-state index in [1.165, 1.54) is 17.3 Å². The zero-order valence-electron chi connectivity index (χ0n) is 12.7. The van der Waals surface area contributed by atoms with Crippen LogP contribution >= 0.6 is 24.0 Å². The Balaban J connectivity index is 1.93. The number of hydrogen-bond donors (Lipinski definition) is 1. The third-order valence-electron chi connectivity index (χ3n) is 3.73. The van der Waals surface area contributed by atoms with Crippen LogP contribution in [0, 0.1) is 13.8 Å². The average molecular weight is 341 g/mol. The van der Waals surface area contributed by atoms with Crippen molar-refractivity contribution in [2.45, 2.75) is 13.8 Å². The van der Waals surface area contributed by atoms with E-state index in [0.717, 1.165) is 16.8 Å². The van der Waals surface area contributed by atoms with E-state index in [0.29, 0.717) is 9.23 Å². The van der Waals surface area contributed by atoms with Crippen LogP contribution in [-0.4, -0.2) is 15.3 Å². The summed E-state index contributed by atoms with van der Waals surface area (Å²) in [5.74, 6) is 0.0844. The molecular formula is C18H15NO2S2. The number of aryl methyl sites for hydroxylation is 2. The Kier molecular flexibility index (Phi) is 4.24. The zero-order chi connectivity index (χ0) is 16.6. The van der Waals surface area contributed by atoms with E-state index >= 15 is 0 Å². The molecule has 1 aliphatic rings. The predicted octanol–water partition coefficient (Wildman–Crippen LogP) is 4.41. The third-order valence-corrected chi connectivity index (χ3v) is 5.04. The van der Waals surface area contributed by atoms with Crippen LogP contribution in [0.3, 0.4) is 0 Å². The molecule has 1 amide bonds. The Hall–Kier alpha value is -2.11. The monoisotopic (exact) mass is 341 g/mol. The molecule has 23 heavy (non-hydrogen) atoms. The van der Waals surface area contributed by atoms with Gasteiger partial charge in [-0.1, -0.05) is 42.2 Å². The maximum atomic E-state index is 12.7. The first kappa shape index (κ1) is 15.8. The van der Waals surface area contributed by atoms with E-state index in [4.69, 9.17) is 12.2 Å². The third kappa shape index (κ3) is 3.16. The molecule has 0 spiro atoms. The van der Waals surface area contributed by atoms with Crippen molar-refractivity contribution in [1.29, 1.82) is 0 Å². The molecule has 1 N–H and O–H groups in total. The maximum absolute atomic E-state index is 12.7. The number of phenolic OH excluding ortho intramolecular Hbond substituents is 1. The molecule has 0 bridgehead atoms. The standard InChI is InChI=1S/C18H15NO2S2/c1-11-3-6-14(9-12(11)2)19-17(21)16(23-18(19)22)10-13-4-7-15(20)8-5-13/h3-10,20H,1-2H3. The van der Waals surface area contributed by atoms with Gasteiger partial charge in [0.05, 0.1) is 10.6 Å². The van der Waals surface area contributed by atoms with Gasteiger partial charge in [-0.3, -0.25) is 9.69 Å². The molecule has 5 heteroatoms. The minimum Gasteiger partial charge on any atom is -0.508 e. The second-order valence-corrected chi connectivity index (χ2v) is 7.05. The second-order valence-electron chi connectivity index (χ2n) is 5.38. The lowest BCUT2D eigenvalue weighted by Crippen LogP contribution is -2.27. The summed E-state index contributed by atoms with van der Waals surface area (Å²) in [7, 11) is 0. The Bertz CT molecular complexity index is 825. The highest BCUT2D eigenvalue weighted by atomic mass is 32.2. The topological polar surface area (TPSA) is 40.5 Å². The molecule has 2 aromatic carbocycles. The first-order valence-corrected chi connectivity index (χ1v) is 8.32. The van der Waals surface area contributed by atoms with Gasteiger partial charge in [-0.2, -0.15) is 0 Å². The number of thioether (sulfide) groups is 1. The van der Waals surface area contributed by atoms with E-state index < -0.39 is 0 Å². The van der Waals surface area contributed by atoms with Crippen LogP contribution in [0.25, 0.3) is 6.08 Å². The summed E-state index contributed by atoms with van der Waals surface area (Å²) in [5.41, 5.74) is 3.95. The number of aromatic hydroxyl groups is 1. The highest BCUT2D eigenvalue weighted by Gasteiger charge is 2.33. The number of hydrogen-bond acceptors (Lipinski definition) is 4. The van der Waals surface area contributed by atoms with Crippen molar-refractivity contribution in [3.63, 3.8) is 0 Å². The smallest absolute Gasteiger partial charge is 0.270 e. The summed E-state index contributed by atoms with van der Waals surface area (Å²) < 4.78 is 0.531. The molecule has 0 saturated carbocycles. The molecule has 0 aliphatic carbocycles. The van der Waals surface area contributed by atoms with Gasteiger partial charge in [-0.15, -0.1) is 0 Å². The maximum Gasteiger partial charge on any atom is 0.270 e. The Morgan fingerprint density at radius 3 is 2.43 bits per heavy atom. The molecule has 3 rings (SSSR count). The lowest BCUT2D eigenvalue weighted by atomic mass is 10.1. The predicted molar refractivity (Wildman–Crippen MR) is 99.7 cm³/mol. The molecule has 0 unspecified atom stereocenters. The molecule has 116 valence electrons. The van der Waals surface area contributed by atoms with Crippen LogP contribution in [0.5, 0.6) is 5.75 Å². The number of amides is 1. The number of thiocarbonyl (C=S) groups is 1. The molecular weight excluding hydrogens is 326 g/mol. The number of rotatable bonds is 2. The number of anilines is 1. The normalized spacial score (nSPS) is 16.4. The fourth-order valence-electron chi connectivity index (χ4n) is 2.28. The van der Waals surface area contributed by atoms with Crippen LogP contribution in [-0.2, 0) is 4.79 Å². The van der Waals surface area contributed by atoms with E-state index in [1.807, 2.05) is 32.0 Å². The molecule has 2 aromatic rings. The lowest BCUT2D eigenvalue weighted by Gasteiger charge is -2.15. The number of phenols is 1. The highest BCUT2D eigenvalue weighted by molar-refractivity contribution is 8.27. The van der Waals surface area contributed by atoms with Gasteiger partial charge in [-0.25, -0.2) is 0 Å². The van der Waals surface area contributed by atoms with Crippen LogP contribution in [0.4, 0.5) is 5.69 Å². The number of benzene rings is 2. The van der Waals surface area contributed by atoms with Crippen LogP contribution < -0.4 is 4.90 Å². The number of carbonyl (C=O) groups is 1. The fraction of sp³-hybridized carbons (Fsp3) is 0.111. The van der Waals surface area contributed by atoms with E-state index in [-0.39, 0.29) is 11.7 Å². The van der Waals surface area contributed by atoms with Gasteiger partial charge in [0.2, 0.25) is 0 Å². The molecule has 0 aromatic heterocycles. The highest BCUT2D eigenvalue weighted by Crippen LogP contribution is 2.36. The summed E-state index contributed by atoms with van der Waals surface area (Å²) in [5, 5.41) is 9.33. The SMILES string of the molecule is Cc1ccc(N2C(=O)C(=Cc3ccc(O)cc3)SC2=S)cc1C. The zero-order valence-corrected chi connectivity index (χ0v) is 14.4. The molecule has 1 fully saturated rings. The second kappa shape index (κ2) is 6.18. The molecule has 1 aliphatic heterocycles. The van der Waals surface area contributed by atoms with Gasteiger partial charge in [0, 0.05) is 0 Å². The van der Waals surface area contributed by atoms with Crippen LogP contribution in [0.15, 0.2) is 47.4 Å². The molecule has 1 heterocycles. The van der Waals surface area contributed by atoms with Crippen molar-refractivity contribution in [3.8, 4) is 5.75 Å². The van der Waals surface area contributed by atoms with E-state index in [9.17, 15) is 9.90 Å². The first-order chi connectivity index (χ1) is 11.0. The van der Waals surface area contributed by atoms with Gasteiger partial charge in [-0.05, 0) is 60.9 Å². The average Bonchev–Trinajstić information content (AvgIpc) is 2.79. The number of nitrogens with zero attached hydrogens (tertiary/aromatic N) is 1. The summed E-state index contributed by atoms with van der Waals surface area (Å²) in [6.07, 6.45) is 1.79. The molecule has 3 nitrogen and oxygen atoms in total. The summed E-state index contributed by atoms with van der Waals surface area (Å²) >= 11 is 6.67. The number of carbonyl (C=O) groups excluding carboxylic acids is 1. The minimum atomic E-state index is -0.115. The van der Waals surface area contributed by atoms with Crippen LogP contribution in [0.1, 0.15) is 16.7 Å². The van der Waals surface area contributed by atoms with E-state index in [2.05, 4.69) is 0 Å². The van der Waals surface area contributed by atoms with Crippen LogP contribution in [0.2, 0.25) is 0 Å². The van der Waals surface area contributed by atoms with Gasteiger partial charge in [0.25, 0.3) is 5.91 Å². The molecule has 0 radical (unpaired) electrons. The van der Waals surface area contributed by atoms with Gasteiger partial charge >= 0.3 is 0 Å². The van der Waals surface area contributed by atoms with Gasteiger partial charge in [0.1, 0.15) is 5.75 Å². The van der Waals surface area contributed by atoms with Crippen molar-refractivity contribution in [2.75, 3.05) is 4.90 Å². The van der Waals surface area contributed by atoms with E-state index in [1.54, 1.807) is 35.2 Å². The Morgan fingerprint density at radius 1 is 1.09 bits per heavy atom. The lowest BCUT2D eigenvalue weighted by molar-refractivity contribution is -0.113. The molecule has 1 saturated heterocycles. The summed E-state index contributed by atoms with van der Waals surface area (Å²) in [6, 6.07) is 12.6. The Morgan fingerprint density at radius 2 is 1.78 bits per heavy atom. The summed E-state index contributed by atoms with van der Waals surface area (Å²) in [6.45, 7) is 4.05. The largest absolute Gasteiger partial charge is 0.508 e. The van der Waals surface area contributed by atoms with Crippen molar-refractivity contribution in [1.82, 2.24) is 0 Å². The fourth-order valence-corrected chi connectivity index (χ4v) is 3.58. The van der Waals surface area contributed by atoms with Crippen molar-refractivity contribution in [2.24, 2.45) is 0 Å². The van der Waals surface area contributed by atoms with Gasteiger partial charge in [0.15, 0.2) is 4.32 Å². The minimum absolute atomic E-state index is 0.115. The Labute approximate surface area is 144 Å². The van der Waals surface area contributed by atoms with Crippen molar-refractivity contribution < 1.29 is 9.90 Å².